The molecule has 13 heterocycles. The molecule has 13 aromatic heterocycles. The summed E-state index contributed by atoms with van der Waals surface area (Å²) in [5.74, 6) is 2.03. The number of para-hydroxylation sites is 4. The lowest BCUT2D eigenvalue weighted by Crippen LogP contribution is -2.14. The van der Waals surface area contributed by atoms with Crippen LogP contribution in [-0.4, -0.2) is 109 Å². The van der Waals surface area contributed by atoms with Crippen molar-refractivity contribution >= 4 is 182 Å². The zero-order chi connectivity index (χ0) is 90.9. The van der Waals surface area contributed by atoms with Gasteiger partial charge >= 0.3 is 0 Å². The van der Waals surface area contributed by atoms with Crippen molar-refractivity contribution in [3.05, 3.63) is 358 Å². The molecule has 0 radical (unpaired) electrons. The molecular formula is C112H79N23. The molecule has 0 atom stereocenters. The molecule has 642 valence electrons. The van der Waals surface area contributed by atoms with E-state index in [9.17, 15) is 0 Å². The van der Waals surface area contributed by atoms with Crippen LogP contribution in [0, 0.1) is 13.8 Å². The van der Waals surface area contributed by atoms with Crippen LogP contribution in [0.3, 0.4) is 0 Å². The number of aryl methyl sites for hydroxylation is 2. The first-order chi connectivity index (χ1) is 66.1. The van der Waals surface area contributed by atoms with Gasteiger partial charge in [-0.2, -0.15) is 0 Å². The number of rotatable bonds is 9. The summed E-state index contributed by atoms with van der Waals surface area (Å²) in [7, 11) is 0. The van der Waals surface area contributed by atoms with Crippen molar-refractivity contribution in [3.63, 3.8) is 0 Å². The Morgan fingerprint density at radius 3 is 0.896 bits per heavy atom. The highest BCUT2D eigenvalue weighted by molar-refractivity contribution is 6.23. The van der Waals surface area contributed by atoms with Gasteiger partial charge in [0.1, 0.15) is 99.3 Å². The minimum Gasteiger partial charge on any atom is -0.292 e. The number of hydrogen-bond acceptors (Lipinski definition) is 21. The third kappa shape index (κ3) is 13.5. The largest absolute Gasteiger partial charge is 0.292 e. The maximum absolute atomic E-state index is 5.42. The van der Waals surface area contributed by atoms with E-state index in [1.807, 2.05) is 61.2 Å². The number of pyridine rings is 2. The number of anilines is 3. The van der Waals surface area contributed by atoms with Crippen LogP contribution in [0.2, 0.25) is 0 Å². The molecule has 0 N–H and O–H groups in total. The summed E-state index contributed by atoms with van der Waals surface area (Å²) in [6.07, 6.45) is 32.8. The van der Waals surface area contributed by atoms with Crippen LogP contribution >= 0.6 is 0 Å². The van der Waals surface area contributed by atoms with Crippen molar-refractivity contribution in [2.45, 2.75) is 66.2 Å². The van der Waals surface area contributed by atoms with Gasteiger partial charge in [0.05, 0.1) is 52.0 Å². The monoisotopic (exact) mass is 1750 g/mol. The molecule has 0 saturated heterocycles. The van der Waals surface area contributed by atoms with Crippen molar-refractivity contribution in [3.8, 4) is 56.1 Å². The lowest BCUT2D eigenvalue weighted by Gasteiger charge is -2.28. The molecule has 135 heavy (non-hydrogen) atoms. The van der Waals surface area contributed by atoms with E-state index in [2.05, 4.69) is 316 Å². The van der Waals surface area contributed by atoms with Gasteiger partial charge in [0, 0.05) is 154 Å². The van der Waals surface area contributed by atoms with Crippen LogP contribution in [0.5, 0.6) is 0 Å². The summed E-state index contributed by atoms with van der Waals surface area (Å²) >= 11 is 0. The van der Waals surface area contributed by atoms with Gasteiger partial charge in [0.2, 0.25) is 0 Å². The number of nitrogens with zero attached hydrogens (tertiary/aromatic N) is 23. The molecule has 0 aliphatic carbocycles. The fraction of sp³-hybridized carbons (Fsp3) is 0.0893. The Bertz CT molecular complexity index is 8950. The zero-order valence-corrected chi connectivity index (χ0v) is 74.5. The van der Waals surface area contributed by atoms with Crippen LogP contribution in [-0.2, 0) is 10.8 Å². The molecule has 23 heteroatoms. The van der Waals surface area contributed by atoms with Crippen molar-refractivity contribution in [1.82, 2.24) is 109 Å². The molecule has 0 bridgehead atoms. The van der Waals surface area contributed by atoms with Crippen molar-refractivity contribution < 1.29 is 0 Å². The lowest BCUT2D eigenvalue weighted by atomic mass is 9.83. The molecule has 26 rings (SSSR count). The number of hydrogen-bond donors (Lipinski definition) is 0. The Kier molecular flexibility index (Phi) is 19.1. The molecule has 0 fully saturated rings. The molecule has 0 aliphatic rings. The Labute approximate surface area is 771 Å². The van der Waals surface area contributed by atoms with Crippen molar-refractivity contribution in [2.24, 2.45) is 0 Å². The van der Waals surface area contributed by atoms with Crippen LogP contribution < -0.4 is 4.90 Å². The quantitative estimate of drug-likeness (QED) is 0.121. The summed E-state index contributed by atoms with van der Waals surface area (Å²) < 4.78 is 4.58. The average molecular weight is 1750 g/mol. The average Bonchev–Trinajstić information content (AvgIpc) is 1.59. The third-order valence-electron chi connectivity index (χ3n) is 25.4. The standard InChI is InChI=1S/C44H25N7.C34H21N9.C34H33N7/c1-3-13-28-26(9-1)11-5-15-30(28)32-17-7-19-34-35-20-8-18-33(31-16-6-12-27-10-2-4-14-29(27)31)44(35)51(43(32)34)36-25-49-41-39-37(45-21-22-47-39)38-40(42(41)50-36)48-24-23-46-38;1-3-11-26(24(9-1)22-7-5-13-35-19-22)43(27-12-4-2-10-25(27)23-8-6-14-36-20-23)28-21-41-33-31-29(37-15-16-39-31)30-32(34(33)42-28)40-18-17-38-30;1-18-13-20(33(3,4)5)15-22-23-16-21(34(6,7)8)14-19(2)32(23)41(31(18)22)24-17-39-29-27-25(35-9-10-37-27)26-28(30(29)40-24)38-12-11-36-26/h1-25H;1-21H;9-17H,1-8H3. The SMILES string of the molecule is Cc1cc(C(C)(C)C)cc2c3cc(C(C)(C)C)cc(C)c3n(-c3cnc4c5nccnc5c5nccnc5c4n3)c12.c1ccc2c(-c3cccc4c5cccc(-c6cccc7ccccc67)c5n(-c5cnc6c7nccnc7c7nccnc7c6n5)c34)cccc2c1.c1cncc(-c2ccccc2N(c2cnc3c4nccnc4c4nccnc4c3n2)c2ccccc2-c2cccnc2)c1. The van der Waals surface area contributed by atoms with E-state index in [1.54, 1.807) is 93.0 Å². The maximum Gasteiger partial charge on any atom is 0.157 e. The first-order valence-corrected chi connectivity index (χ1v) is 44.6. The second-order valence-corrected chi connectivity index (χ2v) is 35.7. The van der Waals surface area contributed by atoms with Crippen LogP contribution in [0.15, 0.2) is 336 Å². The summed E-state index contributed by atoms with van der Waals surface area (Å²) in [5, 5.41) is 9.49. The predicted molar refractivity (Wildman–Crippen MR) is 540 cm³/mol. The Balaban J connectivity index is 0.000000112. The van der Waals surface area contributed by atoms with E-state index in [0.29, 0.717) is 111 Å². The topological polar surface area (TPSA) is 271 Å². The summed E-state index contributed by atoms with van der Waals surface area (Å²) in [6.45, 7) is 18.0. The van der Waals surface area contributed by atoms with Crippen molar-refractivity contribution in [2.75, 3.05) is 4.90 Å². The van der Waals surface area contributed by atoms with Crippen molar-refractivity contribution in [1.29, 1.82) is 0 Å². The molecule has 26 aromatic rings. The fourth-order valence-electron chi connectivity index (χ4n) is 19.3. The first-order valence-electron chi connectivity index (χ1n) is 44.6. The molecule has 0 spiro atoms. The molecule has 23 nitrogen and oxygen atoms in total. The molecular weight excluding hydrogens is 1670 g/mol. The van der Waals surface area contributed by atoms with E-state index in [1.165, 1.54) is 54.6 Å². The molecule has 0 amide bonds. The highest BCUT2D eigenvalue weighted by Gasteiger charge is 2.30. The summed E-state index contributed by atoms with van der Waals surface area (Å²) in [5.41, 5.74) is 31.4. The van der Waals surface area contributed by atoms with Crippen LogP contribution in [0.25, 0.3) is 221 Å². The van der Waals surface area contributed by atoms with E-state index in [4.69, 9.17) is 34.9 Å². The van der Waals surface area contributed by atoms with Gasteiger partial charge in [0.15, 0.2) is 17.5 Å². The smallest absolute Gasteiger partial charge is 0.157 e. The molecule has 0 saturated carbocycles. The van der Waals surface area contributed by atoms with E-state index >= 15 is 0 Å². The first kappa shape index (κ1) is 80.5. The molecule has 0 unspecified atom stereocenters. The predicted octanol–water partition coefficient (Wildman–Crippen LogP) is 25.2. The van der Waals surface area contributed by atoms with Gasteiger partial charge in [-0.1, -0.05) is 224 Å². The van der Waals surface area contributed by atoms with E-state index in [-0.39, 0.29) is 10.8 Å². The van der Waals surface area contributed by atoms with Gasteiger partial charge in [-0.3, -0.25) is 83.8 Å². The normalized spacial score (nSPS) is 12.0. The summed E-state index contributed by atoms with van der Waals surface area (Å²) in [4.78, 5) is 97.4. The Morgan fingerprint density at radius 1 is 0.230 bits per heavy atom. The Morgan fingerprint density at radius 2 is 0.526 bits per heavy atom. The molecule has 13 aromatic carbocycles. The van der Waals surface area contributed by atoms with Gasteiger partial charge in [-0.05, 0) is 116 Å². The highest BCUT2D eigenvalue weighted by Crippen LogP contribution is 2.49. The van der Waals surface area contributed by atoms with Crippen LogP contribution in [0.1, 0.15) is 63.8 Å². The zero-order valence-electron chi connectivity index (χ0n) is 74.5. The minimum absolute atomic E-state index is 0.0203. The molecule has 0 aliphatic heterocycles. The number of fused-ring (bicyclic) bond motifs is 26. The van der Waals surface area contributed by atoms with Gasteiger partial charge in [-0.15, -0.1) is 0 Å². The number of aromatic nitrogens is 22. The minimum atomic E-state index is 0.0203. The van der Waals surface area contributed by atoms with Gasteiger partial charge < -0.3 is 0 Å². The lowest BCUT2D eigenvalue weighted by molar-refractivity contribution is 0.590. The van der Waals surface area contributed by atoms with E-state index < -0.39 is 0 Å². The second kappa shape index (κ2) is 32.1. The third-order valence-corrected chi connectivity index (χ3v) is 25.4. The van der Waals surface area contributed by atoms with Crippen LogP contribution in [0.4, 0.5) is 17.2 Å². The fourth-order valence-corrected chi connectivity index (χ4v) is 19.3. The second-order valence-electron chi connectivity index (χ2n) is 35.7. The van der Waals surface area contributed by atoms with E-state index in [0.717, 1.165) is 94.5 Å². The van der Waals surface area contributed by atoms with Gasteiger partial charge in [-0.25, -0.2) is 29.9 Å². The van der Waals surface area contributed by atoms with Gasteiger partial charge in [0.25, 0.3) is 0 Å². The number of benzene rings is 13. The highest BCUT2D eigenvalue weighted by atomic mass is 15.2. The summed E-state index contributed by atoms with van der Waals surface area (Å²) in [6, 6.07) is 77.1. The Hall–Kier alpha value is -17.9. The maximum atomic E-state index is 5.42.